The summed E-state index contributed by atoms with van der Waals surface area (Å²) in [4.78, 5) is 23.6. The van der Waals surface area contributed by atoms with E-state index in [0.717, 1.165) is 0 Å². The Kier molecular flexibility index (Phi) is 38.5. The van der Waals surface area contributed by atoms with Crippen LogP contribution in [-0.4, -0.2) is 450 Å². The van der Waals surface area contributed by atoms with Crippen LogP contribution in [0.1, 0.15) is 40.5 Å². The van der Waals surface area contributed by atoms with Crippen molar-refractivity contribution in [2.75, 3.05) is 140 Å². The second-order valence-electron chi connectivity index (χ2n) is 29.9. The highest BCUT2D eigenvalue weighted by Gasteiger charge is 2.53. The van der Waals surface area contributed by atoms with Gasteiger partial charge in [-0.3, -0.25) is 4.79 Å². The van der Waals surface area contributed by atoms with Crippen LogP contribution < -0.4 is 5.11 Å². The minimum Gasteiger partial charge on any atom is -0.541 e. The van der Waals surface area contributed by atoms with Crippen molar-refractivity contribution in [2.45, 2.75) is 242 Å². The molecule has 0 aliphatic carbocycles. The molecule has 0 aromatic heterocycles. The van der Waals surface area contributed by atoms with Crippen LogP contribution in [0.3, 0.4) is 0 Å². The Morgan fingerprint density at radius 1 is 0.300 bits per heavy atom. The number of hydrogen-bond acceptors (Lipinski definition) is 40. The lowest BCUT2D eigenvalue weighted by Gasteiger charge is -2.45. The summed E-state index contributed by atoms with van der Waals surface area (Å²) < 4.78 is 104. The van der Waals surface area contributed by atoms with Crippen molar-refractivity contribution in [3.05, 3.63) is 7.43 Å². The summed E-state index contributed by atoms with van der Waals surface area (Å²) >= 11 is 0. The number of carboxylic acid groups (broad SMARTS) is 1. The molecule has 8 fully saturated rings. The molecule has 642 valence electrons. The van der Waals surface area contributed by atoms with Gasteiger partial charge in [-0.05, 0) is 27.2 Å². The molecule has 0 spiro atoms. The van der Waals surface area contributed by atoms with Gasteiger partial charge in [0.05, 0.1) is 223 Å². The fraction of sp³-hybridized carbons (Fsp3) is 0.957. The van der Waals surface area contributed by atoms with E-state index in [1.807, 2.05) is 0 Å². The lowest BCUT2D eigenvalue weighted by molar-refractivity contribution is -0.311. The lowest BCUT2D eigenvalue weighted by atomic mass is 9.85. The summed E-state index contributed by atoms with van der Waals surface area (Å²) in [7, 11) is 2.67. The normalized spacial score (nSPS) is 45.4. The minimum atomic E-state index is -1.94. The van der Waals surface area contributed by atoms with E-state index in [9.17, 15) is 112 Å². The van der Waals surface area contributed by atoms with Gasteiger partial charge in [0.25, 0.3) is 6.16 Å². The van der Waals surface area contributed by atoms with Gasteiger partial charge in [0.2, 0.25) is 0 Å². The molecular weight excluding hydrogens is 1480 g/mol. The van der Waals surface area contributed by atoms with E-state index in [1.54, 1.807) is 20.8 Å². The Labute approximate surface area is 637 Å². The molecule has 8 aliphatic heterocycles. The lowest BCUT2D eigenvalue weighted by Crippen LogP contribution is -2.61. The van der Waals surface area contributed by atoms with Gasteiger partial charge in [-0.2, -0.15) is 0 Å². The molecule has 0 radical (unpaired) electrons. The Hall–Kier alpha value is -2.63. The van der Waals surface area contributed by atoms with Crippen LogP contribution in [0.4, 0.5) is 4.79 Å². The van der Waals surface area contributed by atoms with Crippen molar-refractivity contribution >= 4 is 11.9 Å². The van der Waals surface area contributed by atoms with Crippen molar-refractivity contribution < 1.29 is 197 Å². The zero-order chi connectivity index (χ0) is 79.8. The quantitative estimate of drug-likeness (QED) is 0.0201. The third-order valence-corrected chi connectivity index (χ3v) is 22.6. The monoisotopic (exact) mass is 1600 g/mol. The molecule has 19 N–H and O–H groups in total. The number of methoxy groups -OCH3 is 2. The highest BCUT2D eigenvalue weighted by molar-refractivity contribution is 5.76. The van der Waals surface area contributed by atoms with Gasteiger partial charge in [0.15, 0.2) is 0 Å². The fourth-order valence-electron chi connectivity index (χ4n) is 15.9. The summed E-state index contributed by atoms with van der Waals surface area (Å²) in [6.07, 6.45) is -44.2. The summed E-state index contributed by atoms with van der Waals surface area (Å²) in [6, 6.07) is 0. The number of carbonyl (C=O) groups excluding carboxylic acids is 2. The van der Waals surface area contributed by atoms with Crippen molar-refractivity contribution in [3.8, 4) is 0 Å². The molecule has 0 saturated carbocycles. The van der Waals surface area contributed by atoms with Gasteiger partial charge < -0.3 is 192 Å². The summed E-state index contributed by atoms with van der Waals surface area (Å²) in [6.45, 7) is -0.187. The molecule has 8 heterocycles. The highest BCUT2D eigenvalue weighted by Crippen LogP contribution is 2.37. The van der Waals surface area contributed by atoms with Gasteiger partial charge in [-0.15, -0.1) is 0 Å². The Bertz CT molecular complexity index is 2630. The molecule has 0 aromatic rings. The largest absolute Gasteiger partial charge is 0.541 e. The molecule has 8 aliphatic rings. The van der Waals surface area contributed by atoms with Gasteiger partial charge in [-0.1, -0.05) is 6.92 Å². The molecule has 40 nitrogen and oxygen atoms in total. The third kappa shape index (κ3) is 23.4. The predicted octanol–water partition coefficient (Wildman–Crippen LogP) is -10.8. The molecule has 0 amide bonds. The average molecular weight is 1600 g/mol. The maximum Gasteiger partial charge on any atom is 0.252 e. The number of aliphatic hydroxyl groups excluding tert-OH is 19. The summed E-state index contributed by atoms with van der Waals surface area (Å²) in [5.74, 6) is -6.82. The Morgan fingerprint density at radius 2 is 0.545 bits per heavy atom. The Morgan fingerprint density at radius 3 is 0.864 bits per heavy atom. The number of rotatable bonds is 39. The standard InChI is InChI=1S/C69H120O40.CH3/c1-7-38-59(81)56(78)35(40(9-70)103-38)16-99-24-47-63(85)57(79)37(41(10-71)105-47)18-98-23-46-62(84)55(77)34(39(104-46)8-28(2)73)15-96-25-49-65(87)54(76)33(12-92-5)43(107-49)20-100-27-48-64(86)58(80)36(42(11-72)106-48)17-97-22-45-61(83)52(74)31(29(3)102-45)13-94-21-44-60(82)53(75)32(30(4)101-44)14-95-26-50-66(88)67(89)68(109-69(90)91)51(108-50)19-93-6;/h29-68,70-72,74-89H,7-27H2,1-6H3,(H,90,91);1H3/q;+1/p-1/t29?,30?,31-,32-,33-,34-,35+,36-,37-,38+,39?,40?,41?,42?,43?,44+,45+,46+,47+,48+,49+,50+,51?,52-,53-,54-,55-,56-,57-,58-,59?,60?,61?,62?,63?,64?,65?,66?,67+,68-;/m1./s1. The van der Waals surface area contributed by atoms with E-state index < -0.39 is 282 Å². The van der Waals surface area contributed by atoms with Crippen LogP contribution >= 0.6 is 0 Å². The smallest absolute Gasteiger partial charge is 0.252 e. The molecule has 16 unspecified atom stereocenters. The first-order chi connectivity index (χ1) is 51.9. The van der Waals surface area contributed by atoms with Crippen LogP contribution in [0.5, 0.6) is 0 Å². The first-order valence-corrected chi connectivity index (χ1v) is 37.3. The minimum absolute atomic E-state index is 0. The SMILES string of the molecule is CC[C@@H]1OC(CO)[C@H](COC[C@@H]2OC(CO)[C@@H](COC[C@@H]3OC(CC(C)=O)[C@@H](COC[C@@H]4OC(COC[C@@H]5OC(CO)[C@@H](COC[C@@H]6OC(C)[C@@H](COC[C@@H]7OC(C)[C@@H](COC[C@@H]8OC(COC)[C@@H](OC(=O)[O-])[C@@H](O)C8O)[C@@H](O)C7O)[C@@H](O)C6O)[C@@H](O)C5O)[C@@H](COC)[C@@H](O)C4O)[C@@H](O)C3O)[C@@H](O)C2O)[C@@H](O)C1O.[CH3+]. The summed E-state index contributed by atoms with van der Waals surface area (Å²) in [5, 5.41) is 219. The molecule has 40 heteroatoms. The fourth-order valence-corrected chi connectivity index (χ4v) is 15.9. The third-order valence-electron chi connectivity index (χ3n) is 22.6. The molecule has 8 saturated heterocycles. The molecular formula is C70H122O40. The first kappa shape index (κ1) is 94.5. The number of hydrogen-bond donors (Lipinski definition) is 19. The summed E-state index contributed by atoms with van der Waals surface area (Å²) in [5.41, 5.74) is 0. The molecule has 40 atom stereocenters. The van der Waals surface area contributed by atoms with E-state index >= 15 is 0 Å². The molecule has 0 bridgehead atoms. The maximum absolute atomic E-state index is 12.6. The van der Waals surface area contributed by atoms with Crippen LogP contribution in [0, 0.1) is 48.9 Å². The van der Waals surface area contributed by atoms with Crippen LogP contribution in [0.2, 0.25) is 0 Å². The van der Waals surface area contributed by atoms with Gasteiger partial charge in [-0.25, -0.2) is 0 Å². The van der Waals surface area contributed by atoms with E-state index in [0.29, 0.717) is 6.42 Å². The van der Waals surface area contributed by atoms with E-state index in [-0.39, 0.29) is 112 Å². The van der Waals surface area contributed by atoms with Crippen molar-refractivity contribution in [1.82, 2.24) is 0 Å². The topological polar surface area (TPSA) is 608 Å². The van der Waals surface area contributed by atoms with E-state index in [4.69, 9.17) is 80.5 Å². The highest BCUT2D eigenvalue weighted by atomic mass is 16.7. The Balaban J connectivity index is 0.0000168. The van der Waals surface area contributed by atoms with Crippen molar-refractivity contribution in [2.24, 2.45) is 41.4 Å². The number of aliphatic hydroxyl groups is 19. The number of Topliss-reactive ketones (excluding diaryl/α,β-unsaturated/α-hetero) is 1. The second kappa shape index (κ2) is 44.8. The molecule has 8 rings (SSSR count). The maximum atomic E-state index is 12.6. The average Bonchev–Trinajstić information content (AvgIpc) is 0.823. The predicted molar refractivity (Wildman–Crippen MR) is 364 cm³/mol. The van der Waals surface area contributed by atoms with E-state index in [2.05, 4.69) is 4.74 Å². The van der Waals surface area contributed by atoms with Crippen molar-refractivity contribution in [1.29, 1.82) is 0 Å². The number of ketones is 1. The molecule has 0 aromatic carbocycles. The zero-order valence-electron chi connectivity index (χ0n) is 63.0. The van der Waals surface area contributed by atoms with E-state index in [1.165, 1.54) is 21.1 Å². The van der Waals surface area contributed by atoms with Crippen LogP contribution in [0.25, 0.3) is 0 Å². The van der Waals surface area contributed by atoms with Crippen molar-refractivity contribution in [3.63, 3.8) is 0 Å². The molecule has 110 heavy (non-hydrogen) atoms. The number of carbonyl (C=O) groups is 2. The van der Waals surface area contributed by atoms with Gasteiger partial charge in [0, 0.05) is 69.5 Å². The zero-order valence-corrected chi connectivity index (χ0v) is 63.0. The first-order valence-electron chi connectivity index (χ1n) is 37.3. The van der Waals surface area contributed by atoms with Gasteiger partial charge in [0.1, 0.15) is 110 Å². The van der Waals surface area contributed by atoms with Crippen LogP contribution in [0.15, 0.2) is 0 Å². The van der Waals surface area contributed by atoms with Gasteiger partial charge >= 0.3 is 0 Å². The second-order valence-corrected chi connectivity index (χ2v) is 29.9. The number of ether oxygens (including phenoxy) is 18. The van der Waals surface area contributed by atoms with Crippen LogP contribution in [-0.2, 0) is 90.1 Å².